The van der Waals surface area contributed by atoms with Crippen molar-refractivity contribution in [1.29, 1.82) is 0 Å². The summed E-state index contributed by atoms with van der Waals surface area (Å²) >= 11 is 5.95. The number of amides is 3. The van der Waals surface area contributed by atoms with Gasteiger partial charge >= 0.3 is 0 Å². The summed E-state index contributed by atoms with van der Waals surface area (Å²) in [5.41, 5.74) is 6.28. The Morgan fingerprint density at radius 1 is 1.16 bits per heavy atom. The van der Waals surface area contributed by atoms with Gasteiger partial charge in [-0.1, -0.05) is 25.4 Å². The highest BCUT2D eigenvalue weighted by atomic mass is 35.5. The molecule has 0 aliphatic heterocycles. The molecule has 8 heteroatoms. The standard InChI is InChI=1S/C17H25ClN4O3/c1-9(2)15(19)17(25)20-8-14(23)22-13-7-11(18)5-6-12(13)16(24)21-10(3)4/h5-7,9-10,15H,8,19H2,1-4H3,(H,20,25)(H,21,24)(H,22,23)/t15-/m0/s1. The molecule has 1 aromatic carbocycles. The van der Waals surface area contributed by atoms with Crippen molar-refractivity contribution < 1.29 is 14.4 Å². The molecule has 3 amide bonds. The van der Waals surface area contributed by atoms with Crippen LogP contribution in [0, 0.1) is 5.92 Å². The minimum atomic E-state index is -0.689. The Morgan fingerprint density at radius 2 is 1.80 bits per heavy atom. The molecule has 0 aromatic heterocycles. The number of hydrogen-bond acceptors (Lipinski definition) is 4. The zero-order valence-electron chi connectivity index (χ0n) is 14.9. The van der Waals surface area contributed by atoms with Gasteiger partial charge in [-0.2, -0.15) is 0 Å². The maximum Gasteiger partial charge on any atom is 0.253 e. The first-order valence-electron chi connectivity index (χ1n) is 8.05. The summed E-state index contributed by atoms with van der Waals surface area (Å²) in [5, 5.41) is 8.19. The average Bonchev–Trinajstić information content (AvgIpc) is 2.51. The zero-order chi connectivity index (χ0) is 19.1. The van der Waals surface area contributed by atoms with Gasteiger partial charge in [0, 0.05) is 11.1 Å². The van der Waals surface area contributed by atoms with E-state index in [4.69, 9.17) is 17.3 Å². The molecule has 1 rings (SSSR count). The highest BCUT2D eigenvalue weighted by Gasteiger charge is 2.19. The summed E-state index contributed by atoms with van der Waals surface area (Å²) in [7, 11) is 0. The van der Waals surface area contributed by atoms with Crippen molar-refractivity contribution in [3.63, 3.8) is 0 Å². The van der Waals surface area contributed by atoms with E-state index in [9.17, 15) is 14.4 Å². The Balaban J connectivity index is 2.78. The van der Waals surface area contributed by atoms with Crippen LogP contribution in [0.15, 0.2) is 18.2 Å². The fourth-order valence-electron chi connectivity index (χ4n) is 1.94. The summed E-state index contributed by atoms with van der Waals surface area (Å²) in [6, 6.07) is 3.84. The summed E-state index contributed by atoms with van der Waals surface area (Å²) in [6.45, 7) is 7.04. The number of anilines is 1. The summed E-state index contributed by atoms with van der Waals surface area (Å²) in [5.74, 6) is -1.26. The predicted octanol–water partition coefficient (Wildman–Crippen LogP) is 1.52. The summed E-state index contributed by atoms with van der Waals surface area (Å²) < 4.78 is 0. The highest BCUT2D eigenvalue weighted by molar-refractivity contribution is 6.31. The minimum absolute atomic E-state index is 0.0395. The van der Waals surface area contributed by atoms with Gasteiger partial charge in [0.1, 0.15) is 0 Å². The third-order valence-corrected chi connectivity index (χ3v) is 3.60. The van der Waals surface area contributed by atoms with Crippen molar-refractivity contribution in [3.8, 4) is 0 Å². The molecule has 0 saturated carbocycles. The van der Waals surface area contributed by atoms with Gasteiger partial charge in [-0.05, 0) is 38.0 Å². The zero-order valence-corrected chi connectivity index (χ0v) is 15.6. The second-order valence-corrected chi connectivity index (χ2v) is 6.79. The molecule has 7 nitrogen and oxygen atoms in total. The van der Waals surface area contributed by atoms with E-state index < -0.39 is 17.9 Å². The van der Waals surface area contributed by atoms with Gasteiger partial charge in [0.2, 0.25) is 11.8 Å². The van der Waals surface area contributed by atoms with Gasteiger partial charge in [0.05, 0.1) is 23.8 Å². The number of carbonyl (C=O) groups is 3. The summed E-state index contributed by atoms with van der Waals surface area (Å²) in [4.78, 5) is 36.1. The van der Waals surface area contributed by atoms with Crippen LogP contribution >= 0.6 is 11.6 Å². The van der Waals surface area contributed by atoms with Crippen molar-refractivity contribution in [2.75, 3.05) is 11.9 Å². The largest absolute Gasteiger partial charge is 0.350 e. The fourth-order valence-corrected chi connectivity index (χ4v) is 2.11. The van der Waals surface area contributed by atoms with Crippen LogP contribution < -0.4 is 21.7 Å². The monoisotopic (exact) mass is 368 g/mol. The predicted molar refractivity (Wildman–Crippen MR) is 98.5 cm³/mol. The van der Waals surface area contributed by atoms with Crippen molar-refractivity contribution >= 4 is 35.0 Å². The maximum atomic E-state index is 12.2. The minimum Gasteiger partial charge on any atom is -0.350 e. The molecule has 25 heavy (non-hydrogen) atoms. The van der Waals surface area contributed by atoms with Crippen molar-refractivity contribution in [3.05, 3.63) is 28.8 Å². The Hall–Kier alpha value is -2.12. The van der Waals surface area contributed by atoms with Crippen LogP contribution in [0.3, 0.4) is 0 Å². The molecule has 0 fully saturated rings. The third kappa shape index (κ3) is 6.72. The number of halogens is 1. The summed E-state index contributed by atoms with van der Waals surface area (Å²) in [6.07, 6.45) is 0. The normalized spacial score (nSPS) is 12.0. The Labute approximate surface area is 152 Å². The lowest BCUT2D eigenvalue weighted by atomic mass is 10.1. The number of nitrogens with one attached hydrogen (secondary N) is 3. The first kappa shape index (κ1) is 20.9. The van der Waals surface area contributed by atoms with Crippen molar-refractivity contribution in [2.45, 2.75) is 39.8 Å². The SMILES string of the molecule is CC(C)NC(=O)c1ccc(Cl)cc1NC(=O)CNC(=O)[C@@H](N)C(C)C. The van der Waals surface area contributed by atoms with Crippen LogP contribution in [0.1, 0.15) is 38.1 Å². The van der Waals surface area contributed by atoms with Crippen LogP contribution in [-0.4, -0.2) is 36.3 Å². The molecule has 0 saturated heterocycles. The molecule has 0 aliphatic carbocycles. The highest BCUT2D eigenvalue weighted by Crippen LogP contribution is 2.21. The fraction of sp³-hybridized carbons (Fsp3) is 0.471. The van der Waals surface area contributed by atoms with Crippen LogP contribution in [-0.2, 0) is 9.59 Å². The quantitative estimate of drug-likeness (QED) is 0.584. The van der Waals surface area contributed by atoms with Gasteiger partial charge < -0.3 is 21.7 Å². The second kappa shape index (κ2) is 9.39. The van der Waals surface area contributed by atoms with Gasteiger partial charge in [-0.15, -0.1) is 0 Å². The lowest BCUT2D eigenvalue weighted by Crippen LogP contribution is -2.46. The number of rotatable bonds is 7. The molecule has 1 aromatic rings. The third-order valence-electron chi connectivity index (χ3n) is 3.36. The second-order valence-electron chi connectivity index (χ2n) is 6.35. The van der Waals surface area contributed by atoms with E-state index in [0.717, 1.165) is 0 Å². The number of hydrogen-bond donors (Lipinski definition) is 4. The number of nitrogens with two attached hydrogens (primary N) is 1. The van der Waals surface area contributed by atoms with Crippen LogP contribution in [0.4, 0.5) is 5.69 Å². The Bertz CT molecular complexity index is 647. The molecule has 0 unspecified atom stereocenters. The molecule has 0 radical (unpaired) electrons. The first-order valence-corrected chi connectivity index (χ1v) is 8.43. The average molecular weight is 369 g/mol. The number of carbonyl (C=O) groups excluding carboxylic acids is 3. The van der Waals surface area contributed by atoms with Crippen molar-refractivity contribution in [1.82, 2.24) is 10.6 Å². The number of benzene rings is 1. The van der Waals surface area contributed by atoms with Gasteiger partial charge in [0.15, 0.2) is 0 Å². The molecular weight excluding hydrogens is 344 g/mol. The van der Waals surface area contributed by atoms with Crippen LogP contribution in [0.25, 0.3) is 0 Å². The topological polar surface area (TPSA) is 113 Å². The smallest absolute Gasteiger partial charge is 0.253 e. The van der Waals surface area contributed by atoms with Crippen LogP contribution in [0.5, 0.6) is 0 Å². The van der Waals surface area contributed by atoms with E-state index in [1.807, 2.05) is 27.7 Å². The van der Waals surface area contributed by atoms with E-state index in [0.29, 0.717) is 5.02 Å². The van der Waals surface area contributed by atoms with E-state index in [2.05, 4.69) is 16.0 Å². The first-order chi connectivity index (χ1) is 11.6. The molecular formula is C17H25ClN4O3. The van der Waals surface area contributed by atoms with E-state index >= 15 is 0 Å². The van der Waals surface area contributed by atoms with Gasteiger partial charge in [-0.25, -0.2) is 0 Å². The van der Waals surface area contributed by atoms with E-state index in [-0.39, 0.29) is 35.7 Å². The Kier molecular flexibility index (Phi) is 7.86. The maximum absolute atomic E-state index is 12.2. The molecule has 1 atom stereocenters. The molecule has 0 bridgehead atoms. The van der Waals surface area contributed by atoms with E-state index in [1.165, 1.54) is 12.1 Å². The molecule has 0 aliphatic rings. The molecule has 5 N–H and O–H groups in total. The van der Waals surface area contributed by atoms with Gasteiger partial charge in [-0.3, -0.25) is 14.4 Å². The van der Waals surface area contributed by atoms with Crippen molar-refractivity contribution in [2.24, 2.45) is 11.7 Å². The lowest BCUT2D eigenvalue weighted by Gasteiger charge is -2.16. The lowest BCUT2D eigenvalue weighted by molar-refractivity contribution is -0.125. The molecule has 0 heterocycles. The van der Waals surface area contributed by atoms with E-state index in [1.54, 1.807) is 6.07 Å². The molecule has 0 spiro atoms. The van der Waals surface area contributed by atoms with Gasteiger partial charge in [0.25, 0.3) is 5.91 Å². The van der Waals surface area contributed by atoms with Crippen LogP contribution in [0.2, 0.25) is 5.02 Å². The molecule has 138 valence electrons. The Morgan fingerprint density at radius 3 is 2.36 bits per heavy atom.